The second-order valence-electron chi connectivity index (χ2n) is 7.60. The molecule has 6 heteroatoms. The summed E-state index contributed by atoms with van der Waals surface area (Å²) in [6.45, 7) is 10.9. The maximum Gasteiger partial charge on any atom is 0.227 e. The van der Waals surface area contributed by atoms with Gasteiger partial charge in [0, 0.05) is 62.6 Å². The Morgan fingerprint density at radius 1 is 0.931 bits per heavy atom. The lowest BCUT2D eigenvalue weighted by molar-refractivity contribution is 0.638. The summed E-state index contributed by atoms with van der Waals surface area (Å²) in [4.78, 5) is 18.4. The van der Waals surface area contributed by atoms with Crippen LogP contribution in [-0.4, -0.2) is 41.1 Å². The van der Waals surface area contributed by atoms with Gasteiger partial charge in [0.05, 0.1) is 0 Å². The van der Waals surface area contributed by atoms with Crippen molar-refractivity contribution in [3.63, 3.8) is 0 Å². The van der Waals surface area contributed by atoms with Gasteiger partial charge in [-0.25, -0.2) is 4.98 Å². The Kier molecular flexibility index (Phi) is 5.60. The third-order valence-corrected chi connectivity index (χ3v) is 5.52. The predicted octanol–water partition coefficient (Wildman–Crippen LogP) is 3.74. The summed E-state index contributed by atoms with van der Waals surface area (Å²) in [5, 5.41) is 3.40. The van der Waals surface area contributed by atoms with E-state index in [4.69, 9.17) is 4.98 Å². The average Bonchev–Trinajstić information content (AvgIpc) is 2.75. The van der Waals surface area contributed by atoms with E-state index in [1.807, 2.05) is 25.3 Å². The summed E-state index contributed by atoms with van der Waals surface area (Å²) in [5.74, 6) is 1.66. The summed E-state index contributed by atoms with van der Waals surface area (Å²) >= 11 is 0. The number of hydrogen-bond donors (Lipinski definition) is 1. The molecule has 1 fully saturated rings. The summed E-state index contributed by atoms with van der Waals surface area (Å²) in [7, 11) is 0. The molecule has 3 heterocycles. The van der Waals surface area contributed by atoms with Gasteiger partial charge in [-0.1, -0.05) is 18.2 Å². The van der Waals surface area contributed by atoms with Gasteiger partial charge in [-0.2, -0.15) is 4.98 Å². The molecule has 0 atom stereocenters. The lowest BCUT2D eigenvalue weighted by Gasteiger charge is -2.37. The molecule has 0 amide bonds. The van der Waals surface area contributed by atoms with Crippen molar-refractivity contribution in [1.82, 2.24) is 15.0 Å². The third-order valence-electron chi connectivity index (χ3n) is 5.52. The molecule has 4 rings (SSSR count). The fourth-order valence-electron chi connectivity index (χ4n) is 3.71. The molecule has 3 aromatic rings. The fourth-order valence-corrected chi connectivity index (χ4v) is 3.71. The molecule has 6 nitrogen and oxygen atoms in total. The van der Waals surface area contributed by atoms with Crippen molar-refractivity contribution in [1.29, 1.82) is 0 Å². The molecule has 29 heavy (non-hydrogen) atoms. The number of nitrogens with one attached hydrogen (secondary N) is 1. The van der Waals surface area contributed by atoms with E-state index in [1.54, 1.807) is 6.20 Å². The number of aryl methyl sites for hydroxylation is 2. The number of anilines is 3. The van der Waals surface area contributed by atoms with Gasteiger partial charge >= 0.3 is 0 Å². The quantitative estimate of drug-likeness (QED) is 0.719. The van der Waals surface area contributed by atoms with Gasteiger partial charge in [-0.3, -0.25) is 4.98 Å². The smallest absolute Gasteiger partial charge is 0.227 e. The first-order chi connectivity index (χ1) is 14.1. The molecule has 0 aliphatic carbocycles. The van der Waals surface area contributed by atoms with Gasteiger partial charge in [0.2, 0.25) is 5.95 Å². The molecule has 0 spiro atoms. The highest BCUT2D eigenvalue weighted by molar-refractivity contribution is 5.57. The van der Waals surface area contributed by atoms with E-state index in [0.29, 0.717) is 6.54 Å². The van der Waals surface area contributed by atoms with Gasteiger partial charge in [0.1, 0.15) is 5.82 Å². The number of rotatable bonds is 5. The summed E-state index contributed by atoms with van der Waals surface area (Å²) in [6, 6.07) is 12.5. The number of pyridine rings is 1. The van der Waals surface area contributed by atoms with Crippen molar-refractivity contribution in [3.8, 4) is 0 Å². The molecule has 0 bridgehead atoms. The second-order valence-corrected chi connectivity index (χ2v) is 7.60. The monoisotopic (exact) mass is 388 g/mol. The standard InChI is InChI=1S/C23H28N6/c1-17-6-4-8-21(19(17)3)28-10-12-29(13-11-28)23-26-18(2)14-22(27-23)25-16-20-7-5-9-24-15-20/h4-9,14-15H,10-13,16H2,1-3H3,(H,25,26,27). The highest BCUT2D eigenvalue weighted by Crippen LogP contribution is 2.25. The molecular weight excluding hydrogens is 360 g/mol. The highest BCUT2D eigenvalue weighted by Gasteiger charge is 2.21. The molecule has 1 aromatic carbocycles. The molecule has 1 aliphatic heterocycles. The molecule has 0 unspecified atom stereocenters. The number of benzene rings is 1. The zero-order chi connectivity index (χ0) is 20.2. The Bertz CT molecular complexity index is 964. The second kappa shape index (κ2) is 8.47. The minimum Gasteiger partial charge on any atom is -0.368 e. The first kappa shape index (κ1) is 19.2. The van der Waals surface area contributed by atoms with E-state index in [0.717, 1.165) is 49.2 Å². The van der Waals surface area contributed by atoms with Crippen molar-refractivity contribution in [2.75, 3.05) is 41.3 Å². The third kappa shape index (κ3) is 4.47. The van der Waals surface area contributed by atoms with Crippen LogP contribution in [0.5, 0.6) is 0 Å². The summed E-state index contributed by atoms with van der Waals surface area (Å²) in [6.07, 6.45) is 3.66. The van der Waals surface area contributed by atoms with Crippen LogP contribution in [0.25, 0.3) is 0 Å². The highest BCUT2D eigenvalue weighted by atomic mass is 15.3. The molecule has 1 N–H and O–H groups in total. The molecular formula is C23H28N6. The van der Waals surface area contributed by atoms with Gasteiger partial charge in [0.15, 0.2) is 0 Å². The largest absolute Gasteiger partial charge is 0.368 e. The summed E-state index contributed by atoms with van der Waals surface area (Å²) < 4.78 is 0. The van der Waals surface area contributed by atoms with Gasteiger partial charge < -0.3 is 15.1 Å². The van der Waals surface area contributed by atoms with E-state index >= 15 is 0 Å². The molecule has 0 radical (unpaired) electrons. The van der Waals surface area contributed by atoms with Gasteiger partial charge in [0.25, 0.3) is 0 Å². The first-order valence-electron chi connectivity index (χ1n) is 10.1. The van der Waals surface area contributed by atoms with Crippen LogP contribution in [0.4, 0.5) is 17.5 Å². The zero-order valence-corrected chi connectivity index (χ0v) is 17.4. The van der Waals surface area contributed by atoms with E-state index in [-0.39, 0.29) is 0 Å². The van der Waals surface area contributed by atoms with Crippen LogP contribution in [-0.2, 0) is 6.54 Å². The van der Waals surface area contributed by atoms with Crippen LogP contribution < -0.4 is 15.1 Å². The maximum absolute atomic E-state index is 4.77. The maximum atomic E-state index is 4.77. The van der Waals surface area contributed by atoms with Crippen LogP contribution in [0, 0.1) is 20.8 Å². The van der Waals surface area contributed by atoms with Crippen molar-refractivity contribution < 1.29 is 0 Å². The van der Waals surface area contributed by atoms with Gasteiger partial charge in [-0.05, 0) is 49.6 Å². The normalized spacial score (nSPS) is 14.2. The van der Waals surface area contributed by atoms with Crippen LogP contribution in [0.3, 0.4) is 0 Å². The average molecular weight is 389 g/mol. The van der Waals surface area contributed by atoms with E-state index in [2.05, 4.69) is 63.2 Å². The van der Waals surface area contributed by atoms with Crippen molar-refractivity contribution in [2.24, 2.45) is 0 Å². The number of nitrogens with zero attached hydrogens (tertiary/aromatic N) is 5. The van der Waals surface area contributed by atoms with E-state index < -0.39 is 0 Å². The molecule has 1 aliphatic rings. The van der Waals surface area contributed by atoms with Crippen LogP contribution in [0.15, 0.2) is 48.8 Å². The zero-order valence-electron chi connectivity index (χ0n) is 17.4. The first-order valence-corrected chi connectivity index (χ1v) is 10.1. The lowest BCUT2D eigenvalue weighted by atomic mass is 10.1. The minimum atomic E-state index is 0.699. The van der Waals surface area contributed by atoms with Crippen molar-refractivity contribution >= 4 is 17.5 Å². The molecule has 2 aromatic heterocycles. The topological polar surface area (TPSA) is 57.2 Å². The predicted molar refractivity (Wildman–Crippen MR) is 119 cm³/mol. The molecule has 150 valence electrons. The van der Waals surface area contributed by atoms with Crippen molar-refractivity contribution in [3.05, 3.63) is 71.2 Å². The molecule has 1 saturated heterocycles. The van der Waals surface area contributed by atoms with Crippen molar-refractivity contribution in [2.45, 2.75) is 27.3 Å². The Morgan fingerprint density at radius 2 is 1.72 bits per heavy atom. The van der Waals surface area contributed by atoms with Crippen LogP contribution in [0.1, 0.15) is 22.4 Å². The van der Waals surface area contributed by atoms with E-state index in [9.17, 15) is 0 Å². The lowest BCUT2D eigenvalue weighted by Crippen LogP contribution is -2.47. The Hall–Kier alpha value is -3.15. The SMILES string of the molecule is Cc1cc(NCc2cccnc2)nc(N2CCN(c3cccc(C)c3C)CC2)n1. The van der Waals surface area contributed by atoms with Crippen LogP contribution in [0.2, 0.25) is 0 Å². The van der Waals surface area contributed by atoms with Gasteiger partial charge in [-0.15, -0.1) is 0 Å². The number of aromatic nitrogens is 3. The van der Waals surface area contributed by atoms with E-state index in [1.165, 1.54) is 16.8 Å². The minimum absolute atomic E-state index is 0.699. The Morgan fingerprint density at radius 3 is 2.48 bits per heavy atom. The Balaban J connectivity index is 1.43. The number of hydrogen-bond acceptors (Lipinski definition) is 6. The van der Waals surface area contributed by atoms with Crippen LogP contribution >= 0.6 is 0 Å². The fraction of sp³-hybridized carbons (Fsp3) is 0.348. The number of piperazine rings is 1. The Labute approximate surface area is 172 Å². The molecule has 0 saturated carbocycles. The summed E-state index contributed by atoms with van der Waals surface area (Å²) in [5.41, 5.74) is 6.16.